The van der Waals surface area contributed by atoms with Crippen LogP contribution in [0.25, 0.3) is 5.76 Å². The lowest BCUT2D eigenvalue weighted by Gasteiger charge is -2.35. The Bertz CT molecular complexity index is 774. The molecule has 132 valence electrons. The van der Waals surface area contributed by atoms with Crippen molar-refractivity contribution in [3.8, 4) is 11.5 Å². The van der Waals surface area contributed by atoms with Gasteiger partial charge in [0.05, 0.1) is 11.1 Å². The first-order valence-corrected chi connectivity index (χ1v) is 12.6. The van der Waals surface area contributed by atoms with Crippen LogP contribution in [0.5, 0.6) is 0 Å². The molecule has 1 aromatic carbocycles. The van der Waals surface area contributed by atoms with Crippen molar-refractivity contribution in [3.63, 3.8) is 0 Å². The molecule has 2 nitrogen and oxygen atoms in total. The summed E-state index contributed by atoms with van der Waals surface area (Å²) < 4.78 is 0. The summed E-state index contributed by atoms with van der Waals surface area (Å²) in [5, 5.41) is 2.20. The van der Waals surface area contributed by atoms with Gasteiger partial charge in [-0.2, -0.15) is 0 Å². The van der Waals surface area contributed by atoms with Crippen molar-refractivity contribution in [3.05, 3.63) is 53.6 Å². The molecular formula is C22H29NOSi. The van der Waals surface area contributed by atoms with Crippen LogP contribution in [0.3, 0.4) is 0 Å². The van der Waals surface area contributed by atoms with E-state index in [1.165, 1.54) is 5.57 Å². The van der Waals surface area contributed by atoms with Gasteiger partial charge in [-0.1, -0.05) is 55.9 Å². The summed E-state index contributed by atoms with van der Waals surface area (Å²) in [6.45, 7) is 13.6. The van der Waals surface area contributed by atoms with Crippen molar-refractivity contribution in [2.24, 2.45) is 0 Å². The monoisotopic (exact) mass is 351 g/mol. The normalized spacial score (nSPS) is 25.7. The summed E-state index contributed by atoms with van der Waals surface area (Å²) in [4.78, 5) is 6.42. The van der Waals surface area contributed by atoms with E-state index >= 15 is 0 Å². The molecular weight excluding hydrogens is 322 g/mol. The summed E-state index contributed by atoms with van der Waals surface area (Å²) >= 11 is 0. The highest BCUT2D eigenvalue weighted by atomic mass is 28.3. The Hall–Kier alpha value is -1.76. The molecule has 1 saturated heterocycles. The maximum absolute atomic E-state index is 6.42. The van der Waals surface area contributed by atoms with Crippen molar-refractivity contribution in [2.45, 2.75) is 64.3 Å². The average Bonchev–Trinajstić information content (AvgIpc) is 2.95. The van der Waals surface area contributed by atoms with Gasteiger partial charge in [0.1, 0.15) is 8.07 Å². The molecule has 0 amide bonds. The lowest BCUT2D eigenvalue weighted by atomic mass is 9.88. The third-order valence-electron chi connectivity index (χ3n) is 5.05. The SMILES string of the molecule is CC1(C)CCC2(C)C(/C=C\C#C[Si](C)(C)C)=C(c3ccccc3)ON12. The minimum absolute atomic E-state index is 0.0361. The fraction of sp³-hybridized carbons (Fsp3) is 0.455. The molecule has 0 saturated carbocycles. The van der Waals surface area contributed by atoms with Gasteiger partial charge in [-0.05, 0) is 45.8 Å². The van der Waals surface area contributed by atoms with Gasteiger partial charge in [0.2, 0.25) is 0 Å². The molecule has 0 bridgehead atoms. The third kappa shape index (κ3) is 3.47. The van der Waals surface area contributed by atoms with E-state index in [4.69, 9.17) is 4.84 Å². The molecule has 25 heavy (non-hydrogen) atoms. The van der Waals surface area contributed by atoms with E-state index in [1.54, 1.807) is 0 Å². The molecule has 1 unspecified atom stereocenters. The summed E-state index contributed by atoms with van der Waals surface area (Å²) in [7, 11) is -1.35. The van der Waals surface area contributed by atoms with Gasteiger partial charge in [-0.25, -0.2) is 0 Å². The molecule has 3 heteroatoms. The fourth-order valence-corrected chi connectivity index (χ4v) is 4.23. The highest BCUT2D eigenvalue weighted by Gasteiger charge is 2.56. The molecule has 1 atom stereocenters. The molecule has 2 heterocycles. The van der Waals surface area contributed by atoms with E-state index in [2.05, 4.69) is 87.3 Å². The summed E-state index contributed by atoms with van der Waals surface area (Å²) in [6, 6.07) is 10.4. The zero-order valence-corrected chi connectivity index (χ0v) is 17.3. The highest BCUT2D eigenvalue weighted by Crippen LogP contribution is 2.53. The van der Waals surface area contributed by atoms with Crippen LogP contribution in [0, 0.1) is 11.5 Å². The van der Waals surface area contributed by atoms with Gasteiger partial charge in [0.15, 0.2) is 5.76 Å². The molecule has 0 aliphatic carbocycles. The summed E-state index contributed by atoms with van der Waals surface area (Å²) in [6.07, 6.45) is 6.41. The Labute approximate surface area is 153 Å². The van der Waals surface area contributed by atoms with Crippen LogP contribution in [-0.4, -0.2) is 24.2 Å². The first kappa shape index (κ1) is 18.0. The van der Waals surface area contributed by atoms with Gasteiger partial charge in [0.25, 0.3) is 0 Å². The van der Waals surface area contributed by atoms with Crippen molar-refractivity contribution >= 4 is 13.8 Å². The van der Waals surface area contributed by atoms with Gasteiger partial charge < -0.3 is 4.84 Å². The number of hydrogen-bond donors (Lipinski definition) is 0. The molecule has 1 fully saturated rings. The van der Waals surface area contributed by atoms with Gasteiger partial charge >= 0.3 is 0 Å². The Kier molecular flexibility index (Phi) is 4.47. The van der Waals surface area contributed by atoms with Crippen LogP contribution in [0.15, 0.2) is 48.1 Å². The highest BCUT2D eigenvalue weighted by molar-refractivity contribution is 6.83. The number of hydrogen-bond acceptors (Lipinski definition) is 2. The third-order valence-corrected chi connectivity index (χ3v) is 5.94. The predicted molar refractivity (Wildman–Crippen MR) is 108 cm³/mol. The van der Waals surface area contributed by atoms with Crippen LogP contribution >= 0.6 is 0 Å². The topological polar surface area (TPSA) is 12.5 Å². The van der Waals surface area contributed by atoms with Gasteiger partial charge in [-0.3, -0.25) is 0 Å². The smallest absolute Gasteiger partial charge is 0.159 e. The molecule has 0 spiro atoms. The van der Waals surface area contributed by atoms with E-state index in [-0.39, 0.29) is 11.1 Å². The number of fused-ring (bicyclic) bond motifs is 1. The number of hydroxylamine groups is 2. The fourth-order valence-electron chi connectivity index (χ4n) is 3.71. The quantitative estimate of drug-likeness (QED) is 0.521. The maximum Gasteiger partial charge on any atom is 0.159 e. The molecule has 1 aromatic rings. The molecule has 0 N–H and O–H groups in total. The first-order chi connectivity index (χ1) is 11.6. The molecule has 2 aliphatic heterocycles. The Morgan fingerprint density at radius 2 is 1.76 bits per heavy atom. The van der Waals surface area contributed by atoms with Crippen LogP contribution in [-0.2, 0) is 4.84 Å². The van der Waals surface area contributed by atoms with E-state index in [9.17, 15) is 0 Å². The zero-order chi connectivity index (χ0) is 18.3. The predicted octanol–water partition coefficient (Wildman–Crippen LogP) is 5.41. The lowest BCUT2D eigenvalue weighted by Crippen LogP contribution is -2.46. The minimum Gasteiger partial charge on any atom is -0.404 e. The largest absolute Gasteiger partial charge is 0.404 e. The van der Waals surface area contributed by atoms with E-state index in [0.717, 1.165) is 24.2 Å². The van der Waals surface area contributed by atoms with Crippen molar-refractivity contribution in [1.29, 1.82) is 0 Å². The van der Waals surface area contributed by atoms with Crippen molar-refractivity contribution in [1.82, 2.24) is 5.06 Å². The van der Waals surface area contributed by atoms with Crippen LogP contribution in [0.1, 0.15) is 39.2 Å². The molecule has 2 aliphatic rings. The van der Waals surface area contributed by atoms with Crippen LogP contribution < -0.4 is 0 Å². The van der Waals surface area contributed by atoms with Crippen LogP contribution in [0.4, 0.5) is 0 Å². The maximum atomic E-state index is 6.42. The van der Waals surface area contributed by atoms with Gasteiger partial charge in [0, 0.05) is 11.1 Å². The lowest BCUT2D eigenvalue weighted by molar-refractivity contribution is -0.161. The number of rotatable bonds is 2. The number of benzene rings is 1. The second-order valence-electron chi connectivity index (χ2n) is 8.93. The Morgan fingerprint density at radius 3 is 2.40 bits per heavy atom. The Balaban J connectivity index is 2.04. The van der Waals surface area contributed by atoms with E-state index in [1.807, 2.05) is 12.1 Å². The second kappa shape index (κ2) is 6.19. The minimum atomic E-state index is -1.35. The second-order valence-corrected chi connectivity index (χ2v) is 13.7. The summed E-state index contributed by atoms with van der Waals surface area (Å²) in [5.41, 5.74) is 5.73. The number of nitrogens with zero attached hydrogens (tertiary/aromatic N) is 1. The standard InChI is InChI=1S/C22H29NOSi/c1-21(2)15-16-22(3)19(14-10-11-17-25(4,5)6)20(24-23(21)22)18-12-8-7-9-13-18/h7-10,12-14H,15-16H2,1-6H3/b14-10-. The molecule has 3 rings (SSSR count). The van der Waals surface area contributed by atoms with Crippen molar-refractivity contribution in [2.75, 3.05) is 0 Å². The van der Waals surface area contributed by atoms with Gasteiger partial charge in [-0.15, -0.1) is 10.6 Å². The Morgan fingerprint density at radius 1 is 1.08 bits per heavy atom. The number of allylic oxidation sites excluding steroid dienone is 1. The molecule has 0 radical (unpaired) electrons. The van der Waals surface area contributed by atoms with Crippen molar-refractivity contribution < 1.29 is 4.84 Å². The average molecular weight is 352 g/mol. The van der Waals surface area contributed by atoms with E-state index < -0.39 is 8.07 Å². The van der Waals surface area contributed by atoms with E-state index in [0.29, 0.717) is 0 Å². The molecule has 0 aromatic heterocycles. The zero-order valence-electron chi connectivity index (χ0n) is 16.3. The van der Waals surface area contributed by atoms with Crippen LogP contribution in [0.2, 0.25) is 19.6 Å². The first-order valence-electron chi connectivity index (χ1n) is 9.11. The summed E-state index contributed by atoms with van der Waals surface area (Å²) in [5.74, 6) is 4.24.